The molecule has 0 aliphatic heterocycles. The van der Waals surface area contributed by atoms with Crippen LogP contribution in [0.25, 0.3) is 0 Å². The van der Waals surface area contributed by atoms with E-state index in [1.54, 1.807) is 0 Å². The SMILES string of the molecule is Cc1ccc(NC2CCCCC2C)cc1O. The maximum absolute atomic E-state index is 9.66. The number of nitrogens with one attached hydrogen (secondary N) is 1. The highest BCUT2D eigenvalue weighted by atomic mass is 16.3. The van der Waals surface area contributed by atoms with E-state index in [0.29, 0.717) is 11.8 Å². The van der Waals surface area contributed by atoms with Gasteiger partial charge in [0.1, 0.15) is 5.75 Å². The zero-order chi connectivity index (χ0) is 11.5. The molecule has 0 heterocycles. The molecule has 0 radical (unpaired) electrons. The number of benzene rings is 1. The number of phenolic OH excluding ortho intramolecular Hbond substituents is 1. The normalized spacial score (nSPS) is 25.4. The summed E-state index contributed by atoms with van der Waals surface area (Å²) in [5, 5.41) is 13.2. The highest BCUT2D eigenvalue weighted by Crippen LogP contribution is 2.28. The molecule has 2 heteroatoms. The third-order valence-corrected chi connectivity index (χ3v) is 3.67. The van der Waals surface area contributed by atoms with Crippen molar-refractivity contribution in [1.29, 1.82) is 0 Å². The molecule has 1 saturated carbocycles. The average Bonchev–Trinajstić information content (AvgIpc) is 2.27. The highest BCUT2D eigenvalue weighted by molar-refractivity contribution is 5.51. The Morgan fingerprint density at radius 1 is 1.25 bits per heavy atom. The summed E-state index contributed by atoms with van der Waals surface area (Å²) in [7, 11) is 0. The van der Waals surface area contributed by atoms with Crippen LogP contribution in [0.15, 0.2) is 18.2 Å². The maximum Gasteiger partial charge on any atom is 0.120 e. The summed E-state index contributed by atoms with van der Waals surface area (Å²) in [6.45, 7) is 4.23. The van der Waals surface area contributed by atoms with Crippen LogP contribution in [0.5, 0.6) is 5.75 Å². The molecule has 2 rings (SSSR count). The molecule has 1 aromatic rings. The van der Waals surface area contributed by atoms with Crippen LogP contribution in [0, 0.1) is 12.8 Å². The molecule has 2 N–H and O–H groups in total. The largest absolute Gasteiger partial charge is 0.508 e. The summed E-state index contributed by atoms with van der Waals surface area (Å²) in [5.41, 5.74) is 1.98. The highest BCUT2D eigenvalue weighted by Gasteiger charge is 2.20. The first kappa shape index (κ1) is 11.3. The Balaban J connectivity index is 2.05. The average molecular weight is 219 g/mol. The van der Waals surface area contributed by atoms with Crippen LogP contribution >= 0.6 is 0 Å². The van der Waals surface area contributed by atoms with Crippen LogP contribution in [0.1, 0.15) is 38.2 Å². The van der Waals surface area contributed by atoms with Crippen LogP contribution in [0.4, 0.5) is 5.69 Å². The first-order valence-electron chi connectivity index (χ1n) is 6.23. The summed E-state index contributed by atoms with van der Waals surface area (Å²) < 4.78 is 0. The molecule has 1 aliphatic carbocycles. The smallest absolute Gasteiger partial charge is 0.120 e. The second-order valence-corrected chi connectivity index (χ2v) is 5.01. The van der Waals surface area contributed by atoms with Gasteiger partial charge in [0, 0.05) is 17.8 Å². The van der Waals surface area contributed by atoms with Gasteiger partial charge in [-0.15, -0.1) is 0 Å². The van der Waals surface area contributed by atoms with Gasteiger partial charge in [-0.1, -0.05) is 25.8 Å². The van der Waals surface area contributed by atoms with Crippen molar-refractivity contribution in [2.24, 2.45) is 5.92 Å². The molecule has 88 valence electrons. The van der Waals surface area contributed by atoms with Crippen LogP contribution in [-0.2, 0) is 0 Å². The summed E-state index contributed by atoms with van der Waals surface area (Å²) in [6.07, 6.45) is 5.24. The zero-order valence-corrected chi connectivity index (χ0v) is 10.2. The van der Waals surface area contributed by atoms with Gasteiger partial charge in [-0.2, -0.15) is 0 Å². The molecule has 2 atom stereocenters. The van der Waals surface area contributed by atoms with Gasteiger partial charge in [-0.3, -0.25) is 0 Å². The molecule has 0 aromatic heterocycles. The molecule has 0 spiro atoms. The van der Waals surface area contributed by atoms with E-state index in [2.05, 4.69) is 18.3 Å². The van der Waals surface area contributed by atoms with Gasteiger partial charge in [0.15, 0.2) is 0 Å². The number of hydrogen-bond acceptors (Lipinski definition) is 2. The Bertz CT molecular complexity index is 362. The Kier molecular flexibility index (Phi) is 3.37. The van der Waals surface area contributed by atoms with Crippen molar-refractivity contribution in [2.75, 3.05) is 5.32 Å². The minimum atomic E-state index is 0.383. The van der Waals surface area contributed by atoms with E-state index in [4.69, 9.17) is 0 Å². The molecule has 2 unspecified atom stereocenters. The van der Waals surface area contributed by atoms with Crippen molar-refractivity contribution >= 4 is 5.69 Å². The molecule has 1 fully saturated rings. The van der Waals surface area contributed by atoms with Crippen LogP contribution in [-0.4, -0.2) is 11.1 Å². The molecule has 2 nitrogen and oxygen atoms in total. The predicted molar refractivity (Wildman–Crippen MR) is 67.9 cm³/mol. The Labute approximate surface area is 97.7 Å². The van der Waals surface area contributed by atoms with Gasteiger partial charge in [0.2, 0.25) is 0 Å². The molecular formula is C14H21NO. The van der Waals surface area contributed by atoms with Crippen molar-refractivity contribution < 1.29 is 5.11 Å². The van der Waals surface area contributed by atoms with Gasteiger partial charge in [-0.25, -0.2) is 0 Å². The summed E-state index contributed by atoms with van der Waals surface area (Å²) in [5.74, 6) is 1.12. The van der Waals surface area contributed by atoms with Gasteiger partial charge in [-0.05, 0) is 37.3 Å². The first-order valence-corrected chi connectivity index (χ1v) is 6.23. The number of aromatic hydroxyl groups is 1. The molecule has 0 amide bonds. The Hall–Kier alpha value is -1.18. The fourth-order valence-electron chi connectivity index (χ4n) is 2.44. The van der Waals surface area contributed by atoms with Crippen LogP contribution < -0.4 is 5.32 Å². The van der Waals surface area contributed by atoms with Gasteiger partial charge < -0.3 is 10.4 Å². The maximum atomic E-state index is 9.66. The molecule has 1 aliphatic rings. The van der Waals surface area contributed by atoms with Crippen molar-refractivity contribution in [1.82, 2.24) is 0 Å². The van der Waals surface area contributed by atoms with E-state index in [1.165, 1.54) is 25.7 Å². The van der Waals surface area contributed by atoms with Crippen molar-refractivity contribution in [3.05, 3.63) is 23.8 Å². The molecule has 16 heavy (non-hydrogen) atoms. The monoisotopic (exact) mass is 219 g/mol. The lowest BCUT2D eigenvalue weighted by Gasteiger charge is -2.30. The fraction of sp³-hybridized carbons (Fsp3) is 0.571. The summed E-state index contributed by atoms with van der Waals surface area (Å²) in [4.78, 5) is 0. The number of rotatable bonds is 2. The lowest BCUT2D eigenvalue weighted by atomic mass is 9.86. The van der Waals surface area contributed by atoms with Gasteiger partial charge in [0.25, 0.3) is 0 Å². The molecule has 1 aromatic carbocycles. The topological polar surface area (TPSA) is 32.3 Å². The second-order valence-electron chi connectivity index (χ2n) is 5.01. The molecule has 0 bridgehead atoms. The van der Waals surface area contributed by atoms with Crippen molar-refractivity contribution in [2.45, 2.75) is 45.6 Å². The lowest BCUT2D eigenvalue weighted by Crippen LogP contribution is -2.30. The van der Waals surface area contributed by atoms with Crippen LogP contribution in [0.2, 0.25) is 0 Å². The fourth-order valence-corrected chi connectivity index (χ4v) is 2.44. The van der Waals surface area contributed by atoms with E-state index in [1.807, 2.05) is 19.1 Å². The van der Waals surface area contributed by atoms with E-state index in [9.17, 15) is 5.11 Å². The Morgan fingerprint density at radius 2 is 2.00 bits per heavy atom. The number of phenols is 1. The quantitative estimate of drug-likeness (QED) is 0.795. The van der Waals surface area contributed by atoms with Gasteiger partial charge in [0.05, 0.1) is 0 Å². The third-order valence-electron chi connectivity index (χ3n) is 3.67. The number of hydrogen-bond donors (Lipinski definition) is 2. The van der Waals surface area contributed by atoms with E-state index in [-0.39, 0.29) is 0 Å². The second kappa shape index (κ2) is 4.77. The number of anilines is 1. The van der Waals surface area contributed by atoms with Crippen LogP contribution in [0.3, 0.4) is 0 Å². The standard InChI is InChI=1S/C14H21NO/c1-10-5-3-4-6-13(10)15-12-8-7-11(2)14(16)9-12/h7-10,13,15-16H,3-6H2,1-2H3. The van der Waals surface area contributed by atoms with Crippen molar-refractivity contribution in [3.8, 4) is 5.75 Å². The molecular weight excluding hydrogens is 198 g/mol. The minimum Gasteiger partial charge on any atom is -0.508 e. The summed E-state index contributed by atoms with van der Waals surface area (Å²) in [6, 6.07) is 6.41. The van der Waals surface area contributed by atoms with E-state index >= 15 is 0 Å². The minimum absolute atomic E-state index is 0.383. The molecule has 0 saturated heterocycles. The zero-order valence-electron chi connectivity index (χ0n) is 10.2. The van der Waals surface area contributed by atoms with Gasteiger partial charge >= 0.3 is 0 Å². The Morgan fingerprint density at radius 3 is 2.69 bits per heavy atom. The summed E-state index contributed by atoms with van der Waals surface area (Å²) >= 11 is 0. The van der Waals surface area contributed by atoms with E-state index < -0.39 is 0 Å². The number of aryl methyl sites for hydroxylation is 1. The predicted octanol–water partition coefficient (Wildman–Crippen LogP) is 3.69. The lowest BCUT2D eigenvalue weighted by molar-refractivity contribution is 0.349. The van der Waals surface area contributed by atoms with E-state index in [0.717, 1.165) is 17.2 Å². The third kappa shape index (κ3) is 2.49. The van der Waals surface area contributed by atoms with Crippen molar-refractivity contribution in [3.63, 3.8) is 0 Å². The first-order chi connectivity index (χ1) is 7.66.